The summed E-state index contributed by atoms with van der Waals surface area (Å²) < 4.78 is 7.22. The van der Waals surface area contributed by atoms with E-state index in [9.17, 15) is 4.79 Å². The second kappa shape index (κ2) is 7.79. The largest absolute Gasteiger partial charge is 0.462 e. The van der Waals surface area contributed by atoms with E-state index in [2.05, 4.69) is 21.6 Å². The zero-order chi connectivity index (χ0) is 16.9. The second-order valence-electron chi connectivity index (χ2n) is 6.20. The first-order valence-corrected chi connectivity index (χ1v) is 9.30. The van der Waals surface area contributed by atoms with Crippen LogP contribution in [0.3, 0.4) is 0 Å². The van der Waals surface area contributed by atoms with Gasteiger partial charge in [-0.1, -0.05) is 30.3 Å². The van der Waals surface area contributed by atoms with E-state index in [1.807, 2.05) is 26.0 Å². The van der Waals surface area contributed by atoms with Crippen molar-refractivity contribution >= 4 is 17.7 Å². The highest BCUT2D eigenvalue weighted by atomic mass is 32.2. The smallest absolute Gasteiger partial charge is 0.316 e. The number of carbonyl (C=O) groups excluding carboxylic acids is 1. The molecular weight excluding hydrogens is 324 g/mol. The molecule has 1 aromatic carbocycles. The van der Waals surface area contributed by atoms with Crippen LogP contribution in [0.15, 0.2) is 23.4 Å². The number of hydrogen-bond acceptors (Lipinski definition) is 6. The maximum atomic E-state index is 12.1. The lowest BCUT2D eigenvalue weighted by molar-refractivity contribution is -0.147. The molecule has 1 heterocycles. The monoisotopic (exact) mass is 346 g/mol. The summed E-state index contributed by atoms with van der Waals surface area (Å²) in [5.41, 5.74) is 3.15. The molecule has 1 saturated carbocycles. The molecule has 6 nitrogen and oxygen atoms in total. The first-order valence-electron chi connectivity index (χ1n) is 8.32. The Morgan fingerprint density at radius 1 is 1.29 bits per heavy atom. The van der Waals surface area contributed by atoms with Crippen LogP contribution < -0.4 is 0 Å². The van der Waals surface area contributed by atoms with E-state index < -0.39 is 0 Å². The molecule has 0 atom stereocenters. The number of aryl methyl sites for hydroxylation is 2. The van der Waals surface area contributed by atoms with Crippen molar-refractivity contribution in [3.8, 4) is 5.69 Å². The highest BCUT2D eigenvalue weighted by molar-refractivity contribution is 7.99. The molecule has 0 radical (unpaired) electrons. The normalized spacial score (nSPS) is 15.4. The summed E-state index contributed by atoms with van der Waals surface area (Å²) in [4.78, 5) is 12.1. The van der Waals surface area contributed by atoms with E-state index in [0.717, 1.165) is 42.5 Å². The number of aromatic nitrogens is 4. The van der Waals surface area contributed by atoms with Gasteiger partial charge < -0.3 is 4.74 Å². The van der Waals surface area contributed by atoms with Crippen LogP contribution in [0.1, 0.15) is 43.2 Å². The molecule has 7 heteroatoms. The number of rotatable bonds is 5. The van der Waals surface area contributed by atoms with Gasteiger partial charge in [-0.15, -0.1) is 5.10 Å². The molecule has 0 spiro atoms. The average molecular weight is 346 g/mol. The zero-order valence-corrected chi connectivity index (χ0v) is 14.9. The number of thioether (sulfide) groups is 1. The van der Waals surface area contributed by atoms with Gasteiger partial charge in [0.25, 0.3) is 0 Å². The van der Waals surface area contributed by atoms with Crippen molar-refractivity contribution in [2.45, 2.75) is 57.2 Å². The third kappa shape index (κ3) is 4.14. The highest BCUT2D eigenvalue weighted by Crippen LogP contribution is 2.23. The van der Waals surface area contributed by atoms with Crippen molar-refractivity contribution in [3.05, 3.63) is 29.3 Å². The SMILES string of the molecule is Cc1ccc(C)c(-n2nnnc2SCC(=O)OC2CCCCC2)c1. The fourth-order valence-electron chi connectivity index (χ4n) is 2.89. The van der Waals surface area contributed by atoms with Crippen LogP contribution in [0.4, 0.5) is 0 Å². The fraction of sp³-hybridized carbons (Fsp3) is 0.529. The predicted molar refractivity (Wildman–Crippen MR) is 92.3 cm³/mol. The molecule has 3 rings (SSSR count). The average Bonchev–Trinajstić information content (AvgIpc) is 3.04. The minimum atomic E-state index is -0.192. The van der Waals surface area contributed by atoms with Crippen LogP contribution in [0.5, 0.6) is 0 Å². The molecule has 0 amide bonds. The van der Waals surface area contributed by atoms with E-state index in [-0.39, 0.29) is 17.8 Å². The van der Waals surface area contributed by atoms with Crippen molar-refractivity contribution in [1.29, 1.82) is 0 Å². The summed E-state index contributed by atoms with van der Waals surface area (Å²) >= 11 is 1.31. The Morgan fingerprint density at radius 3 is 2.88 bits per heavy atom. The van der Waals surface area contributed by atoms with Gasteiger partial charge in [-0.2, -0.15) is 4.68 Å². The Balaban J connectivity index is 1.63. The van der Waals surface area contributed by atoms with Crippen molar-refractivity contribution in [2.24, 2.45) is 0 Å². The Morgan fingerprint density at radius 2 is 2.08 bits per heavy atom. The van der Waals surface area contributed by atoms with Crippen molar-refractivity contribution < 1.29 is 9.53 Å². The van der Waals surface area contributed by atoms with Gasteiger partial charge in [0.1, 0.15) is 6.10 Å². The van der Waals surface area contributed by atoms with Crippen LogP contribution in [0.2, 0.25) is 0 Å². The zero-order valence-electron chi connectivity index (χ0n) is 14.1. The number of esters is 1. The Kier molecular flexibility index (Phi) is 5.50. The lowest BCUT2D eigenvalue weighted by Crippen LogP contribution is -2.22. The molecule has 0 unspecified atom stereocenters. The Bertz CT molecular complexity index is 710. The number of benzene rings is 1. The van der Waals surface area contributed by atoms with Crippen molar-refractivity contribution in [1.82, 2.24) is 20.2 Å². The van der Waals surface area contributed by atoms with Crippen LogP contribution >= 0.6 is 11.8 Å². The quantitative estimate of drug-likeness (QED) is 0.611. The standard InChI is InChI=1S/C17H22N4O2S/c1-12-8-9-13(2)15(10-12)21-17(18-19-20-21)24-11-16(22)23-14-6-4-3-5-7-14/h8-10,14H,3-7,11H2,1-2H3. The lowest BCUT2D eigenvalue weighted by Gasteiger charge is -2.21. The van der Waals surface area contributed by atoms with Gasteiger partial charge in [0.15, 0.2) is 0 Å². The minimum absolute atomic E-state index is 0.0851. The molecule has 1 aliphatic carbocycles. The molecule has 0 saturated heterocycles. The van der Waals surface area contributed by atoms with Gasteiger partial charge >= 0.3 is 5.97 Å². The molecule has 2 aromatic rings. The summed E-state index contributed by atoms with van der Waals surface area (Å²) in [6.07, 6.45) is 5.59. The predicted octanol–water partition coefficient (Wildman–Crippen LogP) is 3.25. The van der Waals surface area contributed by atoms with Crippen molar-refractivity contribution in [2.75, 3.05) is 5.75 Å². The number of nitrogens with zero attached hydrogens (tertiary/aromatic N) is 4. The van der Waals surface area contributed by atoms with E-state index in [4.69, 9.17) is 4.74 Å². The third-order valence-electron chi connectivity index (χ3n) is 4.20. The van der Waals surface area contributed by atoms with Gasteiger partial charge in [0.2, 0.25) is 5.16 Å². The molecule has 0 aliphatic heterocycles. The molecule has 0 bridgehead atoms. The number of ether oxygens (including phenoxy) is 1. The third-order valence-corrected chi connectivity index (χ3v) is 5.10. The highest BCUT2D eigenvalue weighted by Gasteiger charge is 2.19. The first kappa shape index (κ1) is 17.0. The lowest BCUT2D eigenvalue weighted by atomic mass is 9.98. The summed E-state index contributed by atoms with van der Waals surface area (Å²) in [5, 5.41) is 12.5. The van der Waals surface area contributed by atoms with E-state index in [1.54, 1.807) is 4.68 Å². The van der Waals surface area contributed by atoms with Crippen LogP contribution in [0.25, 0.3) is 5.69 Å². The van der Waals surface area contributed by atoms with Crippen LogP contribution in [-0.2, 0) is 9.53 Å². The summed E-state index contributed by atoms with van der Waals surface area (Å²) in [6.45, 7) is 4.05. The number of hydrogen-bond donors (Lipinski definition) is 0. The number of tetrazole rings is 1. The maximum Gasteiger partial charge on any atom is 0.316 e. The maximum absolute atomic E-state index is 12.1. The molecule has 0 N–H and O–H groups in total. The molecule has 24 heavy (non-hydrogen) atoms. The van der Waals surface area contributed by atoms with Gasteiger partial charge in [-0.25, -0.2) is 0 Å². The summed E-state index contributed by atoms with van der Waals surface area (Å²) in [7, 11) is 0. The van der Waals surface area contributed by atoms with E-state index in [0.29, 0.717) is 5.16 Å². The molecular formula is C17H22N4O2S. The molecule has 1 fully saturated rings. The second-order valence-corrected chi connectivity index (χ2v) is 7.14. The number of carbonyl (C=O) groups is 1. The van der Waals surface area contributed by atoms with Gasteiger partial charge in [-0.3, -0.25) is 4.79 Å². The first-order chi connectivity index (χ1) is 11.6. The van der Waals surface area contributed by atoms with E-state index >= 15 is 0 Å². The molecule has 1 aliphatic rings. The molecule has 1 aromatic heterocycles. The fourth-order valence-corrected chi connectivity index (χ4v) is 3.56. The minimum Gasteiger partial charge on any atom is -0.462 e. The topological polar surface area (TPSA) is 69.9 Å². The summed E-state index contributed by atoms with van der Waals surface area (Å²) in [6, 6.07) is 6.13. The molecule has 128 valence electrons. The van der Waals surface area contributed by atoms with E-state index in [1.165, 1.54) is 18.2 Å². The van der Waals surface area contributed by atoms with Gasteiger partial charge in [0, 0.05) is 0 Å². The Labute approximate surface area is 146 Å². The van der Waals surface area contributed by atoms with Crippen molar-refractivity contribution in [3.63, 3.8) is 0 Å². The van der Waals surface area contributed by atoms with Gasteiger partial charge in [-0.05, 0) is 67.2 Å². The van der Waals surface area contributed by atoms with Crippen LogP contribution in [0, 0.1) is 13.8 Å². The van der Waals surface area contributed by atoms with Crippen LogP contribution in [-0.4, -0.2) is 38.0 Å². The Hall–Kier alpha value is -1.89. The summed E-state index contributed by atoms with van der Waals surface area (Å²) in [5.74, 6) is 0.0317. The van der Waals surface area contributed by atoms with Gasteiger partial charge in [0.05, 0.1) is 11.4 Å².